The number of methoxy groups -OCH3 is 1. The van der Waals surface area contributed by atoms with Crippen LogP contribution in [0.25, 0.3) is 0 Å². The van der Waals surface area contributed by atoms with Gasteiger partial charge < -0.3 is 19.7 Å². The van der Waals surface area contributed by atoms with Crippen LogP contribution in [-0.2, 0) is 4.79 Å². The summed E-state index contributed by atoms with van der Waals surface area (Å²) in [5.74, 6) is 1.08. The van der Waals surface area contributed by atoms with Crippen LogP contribution in [0, 0.1) is 16.0 Å². The lowest BCUT2D eigenvalue weighted by atomic mass is 9.93. The molecule has 1 heterocycles. The summed E-state index contributed by atoms with van der Waals surface area (Å²) < 4.78 is 10.5. The topological polar surface area (TPSA) is 93.9 Å². The van der Waals surface area contributed by atoms with Gasteiger partial charge in [-0.15, -0.1) is 12.4 Å². The highest BCUT2D eigenvalue weighted by Crippen LogP contribution is 2.30. The summed E-state index contributed by atoms with van der Waals surface area (Å²) in [6, 6.07) is 4.21. The van der Waals surface area contributed by atoms with Gasteiger partial charge in [-0.25, -0.2) is 0 Å². The predicted molar refractivity (Wildman–Crippen MR) is 100 cm³/mol. The van der Waals surface area contributed by atoms with E-state index >= 15 is 0 Å². The van der Waals surface area contributed by atoms with E-state index in [1.54, 1.807) is 0 Å². The molecule has 0 spiro atoms. The number of carbonyl (C=O) groups is 1. The first-order chi connectivity index (χ1) is 12.0. The third kappa shape index (κ3) is 6.03. The molecule has 0 aliphatic carbocycles. The van der Waals surface area contributed by atoms with Crippen LogP contribution in [0.15, 0.2) is 18.2 Å². The van der Waals surface area contributed by atoms with Crippen molar-refractivity contribution in [3.05, 3.63) is 28.3 Å². The number of nitrogens with zero attached hydrogens (tertiary/aromatic N) is 2. The standard InChI is InChI=1S/C17H25N3O5.ClH/c1-18-8-5-13-6-9-19(10-7-13)17(21)12-25-14-3-4-15(20(22)23)16(11-14)24-2;/h3-4,11,13,18H,5-10,12H2,1-2H3;1H. The zero-order chi connectivity index (χ0) is 18.2. The average Bonchev–Trinajstić information content (AvgIpc) is 2.64. The van der Waals surface area contributed by atoms with Gasteiger partial charge in [-0.3, -0.25) is 14.9 Å². The molecule has 26 heavy (non-hydrogen) atoms. The van der Waals surface area contributed by atoms with Crippen molar-refractivity contribution >= 4 is 24.0 Å². The molecule has 146 valence electrons. The minimum absolute atomic E-state index is 0. The number of carbonyl (C=O) groups excluding carboxylic acids is 1. The van der Waals surface area contributed by atoms with Gasteiger partial charge in [-0.05, 0) is 44.8 Å². The largest absolute Gasteiger partial charge is 0.490 e. The van der Waals surface area contributed by atoms with Crippen molar-refractivity contribution in [2.45, 2.75) is 19.3 Å². The fraction of sp³-hybridized carbons (Fsp3) is 0.588. The molecule has 0 unspecified atom stereocenters. The molecule has 1 amide bonds. The molecule has 8 nitrogen and oxygen atoms in total. The number of piperidine rings is 1. The maximum Gasteiger partial charge on any atom is 0.311 e. The Morgan fingerprint density at radius 3 is 2.65 bits per heavy atom. The monoisotopic (exact) mass is 387 g/mol. The van der Waals surface area contributed by atoms with Crippen LogP contribution in [0.5, 0.6) is 11.5 Å². The summed E-state index contributed by atoms with van der Waals surface area (Å²) in [4.78, 5) is 24.4. The van der Waals surface area contributed by atoms with E-state index in [0.29, 0.717) is 11.7 Å². The fourth-order valence-electron chi connectivity index (χ4n) is 2.95. The van der Waals surface area contributed by atoms with Crippen LogP contribution in [0.3, 0.4) is 0 Å². The molecule has 1 aliphatic heterocycles. The summed E-state index contributed by atoms with van der Waals surface area (Å²) in [6.07, 6.45) is 3.16. The van der Waals surface area contributed by atoms with Gasteiger partial charge in [0.2, 0.25) is 5.75 Å². The van der Waals surface area contributed by atoms with Crippen LogP contribution in [-0.4, -0.2) is 56.1 Å². The second kappa shape index (κ2) is 10.8. The number of rotatable bonds is 8. The Hall–Kier alpha value is -2.06. The van der Waals surface area contributed by atoms with E-state index in [0.717, 1.165) is 38.9 Å². The number of hydrogen-bond donors (Lipinski definition) is 1. The summed E-state index contributed by atoms with van der Waals surface area (Å²) in [5, 5.41) is 14.0. The summed E-state index contributed by atoms with van der Waals surface area (Å²) >= 11 is 0. The van der Waals surface area contributed by atoms with E-state index in [2.05, 4.69) is 5.32 Å². The summed E-state index contributed by atoms with van der Waals surface area (Å²) in [5.41, 5.74) is -0.134. The molecule has 1 fully saturated rings. The van der Waals surface area contributed by atoms with Gasteiger partial charge in [0, 0.05) is 25.2 Å². The Bertz CT molecular complexity index is 606. The van der Waals surface area contributed by atoms with Crippen molar-refractivity contribution in [3.8, 4) is 11.5 Å². The molecule has 9 heteroatoms. The van der Waals surface area contributed by atoms with Crippen molar-refractivity contribution < 1.29 is 19.2 Å². The van der Waals surface area contributed by atoms with Crippen molar-refractivity contribution in [2.24, 2.45) is 5.92 Å². The first-order valence-corrected chi connectivity index (χ1v) is 8.42. The highest BCUT2D eigenvalue weighted by molar-refractivity contribution is 5.85. The number of ether oxygens (including phenoxy) is 2. The minimum atomic E-state index is -0.522. The maximum atomic E-state index is 12.3. The van der Waals surface area contributed by atoms with Gasteiger partial charge >= 0.3 is 5.69 Å². The average molecular weight is 388 g/mol. The zero-order valence-electron chi connectivity index (χ0n) is 15.1. The molecule has 1 aliphatic rings. The smallest absolute Gasteiger partial charge is 0.311 e. The van der Waals surface area contributed by atoms with Crippen molar-refractivity contribution in [2.75, 3.05) is 40.4 Å². The lowest BCUT2D eigenvalue weighted by molar-refractivity contribution is -0.385. The molecule has 1 N–H and O–H groups in total. The molecule has 0 atom stereocenters. The van der Waals surface area contributed by atoms with Gasteiger partial charge in [-0.2, -0.15) is 0 Å². The number of nitrogens with one attached hydrogen (secondary N) is 1. The van der Waals surface area contributed by atoms with Crippen LogP contribution in [0.4, 0.5) is 5.69 Å². The van der Waals surface area contributed by atoms with E-state index in [4.69, 9.17) is 9.47 Å². The van der Waals surface area contributed by atoms with E-state index in [9.17, 15) is 14.9 Å². The second-order valence-electron chi connectivity index (χ2n) is 6.10. The molecule has 0 radical (unpaired) electrons. The van der Waals surface area contributed by atoms with Gasteiger partial charge in [0.1, 0.15) is 5.75 Å². The van der Waals surface area contributed by atoms with Crippen LogP contribution in [0.1, 0.15) is 19.3 Å². The van der Waals surface area contributed by atoms with Gasteiger partial charge in [0.15, 0.2) is 6.61 Å². The molecule has 1 aromatic carbocycles. The van der Waals surface area contributed by atoms with Crippen LogP contribution >= 0.6 is 12.4 Å². The van der Waals surface area contributed by atoms with E-state index in [-0.39, 0.29) is 36.4 Å². The molecule has 0 aromatic heterocycles. The summed E-state index contributed by atoms with van der Waals surface area (Å²) in [6.45, 7) is 2.42. The highest BCUT2D eigenvalue weighted by atomic mass is 35.5. The molecule has 2 rings (SSSR count). The number of likely N-dealkylation sites (tertiary alicyclic amines) is 1. The quantitative estimate of drug-likeness (QED) is 0.543. The van der Waals surface area contributed by atoms with Gasteiger partial charge in [0.05, 0.1) is 12.0 Å². The summed E-state index contributed by atoms with van der Waals surface area (Å²) in [7, 11) is 3.30. The Morgan fingerprint density at radius 2 is 2.08 bits per heavy atom. The number of amides is 1. The van der Waals surface area contributed by atoms with Gasteiger partial charge in [-0.1, -0.05) is 0 Å². The van der Waals surface area contributed by atoms with Crippen LogP contribution < -0.4 is 14.8 Å². The minimum Gasteiger partial charge on any atom is -0.490 e. The van der Waals surface area contributed by atoms with E-state index in [1.807, 2.05) is 11.9 Å². The third-order valence-electron chi connectivity index (χ3n) is 4.48. The normalized spacial score (nSPS) is 14.5. The zero-order valence-corrected chi connectivity index (χ0v) is 15.9. The number of nitro benzene ring substituents is 1. The first kappa shape index (κ1) is 22.0. The Morgan fingerprint density at radius 1 is 1.38 bits per heavy atom. The van der Waals surface area contributed by atoms with Gasteiger partial charge in [0.25, 0.3) is 5.91 Å². The Balaban J connectivity index is 0.00000338. The molecule has 1 saturated heterocycles. The SMILES string of the molecule is CNCCC1CCN(C(=O)COc2ccc([N+](=O)[O-])c(OC)c2)CC1.Cl. The lowest BCUT2D eigenvalue weighted by Gasteiger charge is -2.32. The van der Waals surface area contributed by atoms with Crippen molar-refractivity contribution in [1.82, 2.24) is 10.2 Å². The highest BCUT2D eigenvalue weighted by Gasteiger charge is 2.23. The number of hydrogen-bond acceptors (Lipinski definition) is 6. The molecular weight excluding hydrogens is 362 g/mol. The van der Waals surface area contributed by atoms with E-state index in [1.165, 1.54) is 25.3 Å². The number of nitro groups is 1. The molecule has 1 aromatic rings. The molecule has 0 bridgehead atoms. The third-order valence-corrected chi connectivity index (χ3v) is 4.48. The van der Waals surface area contributed by atoms with Crippen molar-refractivity contribution in [1.29, 1.82) is 0 Å². The number of halogens is 1. The lowest BCUT2D eigenvalue weighted by Crippen LogP contribution is -2.41. The van der Waals surface area contributed by atoms with Crippen molar-refractivity contribution in [3.63, 3.8) is 0 Å². The first-order valence-electron chi connectivity index (χ1n) is 8.42. The second-order valence-corrected chi connectivity index (χ2v) is 6.10. The Labute approximate surface area is 159 Å². The van der Waals surface area contributed by atoms with Crippen LogP contribution in [0.2, 0.25) is 0 Å². The number of benzene rings is 1. The Kier molecular flexibility index (Phi) is 9.15. The fourth-order valence-corrected chi connectivity index (χ4v) is 2.95. The molecular formula is C17H26ClN3O5. The maximum absolute atomic E-state index is 12.3. The molecule has 0 saturated carbocycles. The van der Waals surface area contributed by atoms with E-state index < -0.39 is 4.92 Å². The predicted octanol–water partition coefficient (Wildman–Crippen LogP) is 2.25.